The van der Waals surface area contributed by atoms with Crippen molar-refractivity contribution in [2.24, 2.45) is 5.10 Å². The Morgan fingerprint density at radius 2 is 1.68 bits per heavy atom. The maximum absolute atomic E-state index is 13.3. The van der Waals surface area contributed by atoms with Crippen LogP contribution >= 0.6 is 43.5 Å². The molecule has 0 saturated heterocycles. The van der Waals surface area contributed by atoms with Crippen LogP contribution in [0.1, 0.15) is 26.4 Å². The van der Waals surface area contributed by atoms with Crippen molar-refractivity contribution in [3.63, 3.8) is 0 Å². The second-order valence-corrected chi connectivity index (χ2v) is 10.9. The summed E-state index contributed by atoms with van der Waals surface area (Å²) in [5.74, 6) is -1.06. The first-order valence-electron chi connectivity index (χ1n) is 11.9. The van der Waals surface area contributed by atoms with E-state index in [9.17, 15) is 19.7 Å². The molecule has 0 saturated carbocycles. The molecule has 5 aromatic rings. The standard InChI is InChI=1S/C29H17Br2ClN4O5/c30-18-8-12-25(41-29(38)16-5-9-20(10-6-16)36(39)40)17(13-18)15-33-35-28(37)27-26(21-3-1-2-4-23(21)32)22-14-19(31)7-11-24(22)34-27/h1-15,34H,(H,35,37). The number of carbonyl (C=O) groups excluding carboxylic acids is 2. The molecule has 0 atom stereocenters. The maximum Gasteiger partial charge on any atom is 0.343 e. The monoisotopic (exact) mass is 694 g/mol. The Morgan fingerprint density at radius 3 is 2.41 bits per heavy atom. The molecular weight excluding hydrogens is 680 g/mol. The number of aromatic amines is 1. The summed E-state index contributed by atoms with van der Waals surface area (Å²) in [5.41, 5.74) is 5.22. The summed E-state index contributed by atoms with van der Waals surface area (Å²) in [7, 11) is 0. The Balaban J connectivity index is 1.41. The van der Waals surface area contributed by atoms with Crippen LogP contribution in [-0.4, -0.2) is 28.0 Å². The summed E-state index contributed by atoms with van der Waals surface area (Å²) < 4.78 is 7.03. The number of nitro benzene ring substituents is 1. The topological polar surface area (TPSA) is 127 Å². The zero-order valence-corrected chi connectivity index (χ0v) is 24.7. The van der Waals surface area contributed by atoms with Crippen LogP contribution < -0.4 is 10.2 Å². The van der Waals surface area contributed by atoms with Gasteiger partial charge in [0.2, 0.25) is 0 Å². The summed E-state index contributed by atoms with van der Waals surface area (Å²) in [5, 5.41) is 16.3. The first-order chi connectivity index (χ1) is 19.7. The predicted octanol–water partition coefficient (Wildman–Crippen LogP) is 7.90. The van der Waals surface area contributed by atoms with Crippen LogP contribution in [0.2, 0.25) is 5.02 Å². The molecule has 41 heavy (non-hydrogen) atoms. The van der Waals surface area contributed by atoms with Crippen molar-refractivity contribution < 1.29 is 19.2 Å². The zero-order valence-electron chi connectivity index (χ0n) is 20.7. The third-order valence-corrected chi connectivity index (χ3v) is 7.31. The Morgan fingerprint density at radius 1 is 0.976 bits per heavy atom. The van der Waals surface area contributed by atoms with Crippen molar-refractivity contribution in [2.75, 3.05) is 0 Å². The van der Waals surface area contributed by atoms with Crippen molar-refractivity contribution in [1.29, 1.82) is 0 Å². The molecule has 1 aromatic heterocycles. The molecule has 0 unspecified atom stereocenters. The molecule has 4 aromatic carbocycles. The van der Waals surface area contributed by atoms with Gasteiger partial charge in [0.25, 0.3) is 11.6 Å². The van der Waals surface area contributed by atoms with Gasteiger partial charge in [0, 0.05) is 53.7 Å². The van der Waals surface area contributed by atoms with Gasteiger partial charge < -0.3 is 9.72 Å². The number of rotatable bonds is 7. The predicted molar refractivity (Wildman–Crippen MR) is 164 cm³/mol. The van der Waals surface area contributed by atoms with Crippen LogP contribution in [0, 0.1) is 10.1 Å². The van der Waals surface area contributed by atoms with Gasteiger partial charge in [-0.2, -0.15) is 5.10 Å². The van der Waals surface area contributed by atoms with Gasteiger partial charge in [-0.1, -0.05) is 61.7 Å². The van der Waals surface area contributed by atoms with Crippen molar-refractivity contribution in [1.82, 2.24) is 10.4 Å². The molecule has 0 fully saturated rings. The van der Waals surface area contributed by atoms with E-state index in [1.165, 1.54) is 30.5 Å². The molecule has 0 aliphatic heterocycles. The van der Waals surface area contributed by atoms with Gasteiger partial charge in [-0.05, 0) is 54.6 Å². The SMILES string of the molecule is O=C(Oc1ccc(Br)cc1C=NNC(=O)c1[nH]c2ccc(Br)cc2c1-c1ccccc1Cl)c1ccc([N+](=O)[O-])cc1. The maximum atomic E-state index is 13.3. The number of ether oxygens (including phenoxy) is 1. The minimum Gasteiger partial charge on any atom is -0.422 e. The third-order valence-electron chi connectivity index (χ3n) is 5.99. The Kier molecular flexibility index (Phi) is 8.29. The molecule has 2 N–H and O–H groups in total. The number of H-pyrrole nitrogens is 1. The number of carbonyl (C=O) groups is 2. The van der Waals surface area contributed by atoms with Crippen molar-refractivity contribution in [3.8, 4) is 16.9 Å². The number of amides is 1. The fourth-order valence-electron chi connectivity index (χ4n) is 4.09. The summed E-state index contributed by atoms with van der Waals surface area (Å²) in [6.07, 6.45) is 1.34. The van der Waals surface area contributed by atoms with Gasteiger partial charge in [0.15, 0.2) is 0 Å². The van der Waals surface area contributed by atoms with E-state index >= 15 is 0 Å². The van der Waals surface area contributed by atoms with Crippen LogP contribution in [0.15, 0.2) is 99.0 Å². The van der Waals surface area contributed by atoms with E-state index in [2.05, 4.69) is 47.4 Å². The van der Waals surface area contributed by atoms with Crippen LogP contribution in [0.25, 0.3) is 22.0 Å². The number of hydrogen-bond acceptors (Lipinski definition) is 6. The number of non-ortho nitro benzene ring substituents is 1. The number of fused-ring (bicyclic) bond motifs is 1. The molecule has 0 aliphatic carbocycles. The lowest BCUT2D eigenvalue weighted by Crippen LogP contribution is -2.19. The molecule has 0 radical (unpaired) electrons. The van der Waals surface area contributed by atoms with E-state index in [0.29, 0.717) is 26.2 Å². The normalized spacial score (nSPS) is 11.1. The lowest BCUT2D eigenvalue weighted by Gasteiger charge is -2.08. The largest absolute Gasteiger partial charge is 0.422 e. The van der Waals surface area contributed by atoms with Gasteiger partial charge in [0.1, 0.15) is 11.4 Å². The fourth-order valence-corrected chi connectivity index (χ4v) is 5.06. The van der Waals surface area contributed by atoms with E-state index in [0.717, 1.165) is 15.4 Å². The second-order valence-electron chi connectivity index (χ2n) is 8.62. The van der Waals surface area contributed by atoms with Crippen LogP contribution in [0.5, 0.6) is 5.75 Å². The summed E-state index contributed by atoms with van der Waals surface area (Å²) in [4.78, 5) is 39.5. The second kappa shape index (κ2) is 12.0. The molecule has 0 spiro atoms. The lowest BCUT2D eigenvalue weighted by atomic mass is 10.0. The highest BCUT2D eigenvalue weighted by Crippen LogP contribution is 2.37. The number of nitrogens with zero attached hydrogens (tertiary/aromatic N) is 2. The molecule has 1 amide bonds. The highest BCUT2D eigenvalue weighted by molar-refractivity contribution is 9.10. The van der Waals surface area contributed by atoms with Crippen LogP contribution in [-0.2, 0) is 0 Å². The molecule has 9 nitrogen and oxygen atoms in total. The van der Waals surface area contributed by atoms with Gasteiger partial charge >= 0.3 is 5.97 Å². The highest BCUT2D eigenvalue weighted by atomic mass is 79.9. The summed E-state index contributed by atoms with van der Waals surface area (Å²) >= 11 is 13.4. The molecule has 12 heteroatoms. The Labute approximate surface area is 254 Å². The van der Waals surface area contributed by atoms with Gasteiger partial charge in [0.05, 0.1) is 16.7 Å². The number of esters is 1. The van der Waals surface area contributed by atoms with E-state index in [-0.39, 0.29) is 22.7 Å². The van der Waals surface area contributed by atoms with Crippen molar-refractivity contribution >= 4 is 78.1 Å². The van der Waals surface area contributed by atoms with Gasteiger partial charge in [-0.15, -0.1) is 0 Å². The number of aromatic nitrogens is 1. The number of hydrogen-bond donors (Lipinski definition) is 2. The molecule has 0 bridgehead atoms. The van der Waals surface area contributed by atoms with E-state index < -0.39 is 16.8 Å². The first kappa shape index (κ1) is 28.2. The highest BCUT2D eigenvalue weighted by Gasteiger charge is 2.21. The van der Waals surface area contributed by atoms with Gasteiger partial charge in [-0.25, -0.2) is 10.2 Å². The third kappa shape index (κ3) is 6.22. The molecule has 204 valence electrons. The number of nitro groups is 1. The number of benzene rings is 4. The Bertz CT molecular complexity index is 1850. The van der Waals surface area contributed by atoms with Crippen LogP contribution in [0.4, 0.5) is 5.69 Å². The average Bonchev–Trinajstić information content (AvgIpc) is 3.33. The molecule has 5 rings (SSSR count). The quantitative estimate of drug-likeness (QED) is 0.0588. The van der Waals surface area contributed by atoms with E-state index in [1.54, 1.807) is 24.3 Å². The lowest BCUT2D eigenvalue weighted by molar-refractivity contribution is -0.384. The minimum absolute atomic E-state index is 0.132. The smallest absolute Gasteiger partial charge is 0.343 e. The van der Waals surface area contributed by atoms with Crippen molar-refractivity contribution in [3.05, 3.63) is 126 Å². The fraction of sp³-hybridized carbons (Fsp3) is 0. The van der Waals surface area contributed by atoms with Gasteiger partial charge in [-0.3, -0.25) is 14.9 Å². The molecule has 1 heterocycles. The number of nitrogens with one attached hydrogen (secondary N) is 2. The van der Waals surface area contributed by atoms with Crippen molar-refractivity contribution in [2.45, 2.75) is 0 Å². The molecular formula is C29H17Br2ClN4O5. The number of halogens is 3. The zero-order chi connectivity index (χ0) is 29.1. The van der Waals surface area contributed by atoms with E-state index in [4.69, 9.17) is 16.3 Å². The molecule has 0 aliphatic rings. The summed E-state index contributed by atoms with van der Waals surface area (Å²) in [6, 6.07) is 22.8. The number of hydrazone groups is 1. The average molecular weight is 697 g/mol. The summed E-state index contributed by atoms with van der Waals surface area (Å²) in [6.45, 7) is 0. The van der Waals surface area contributed by atoms with E-state index in [1.807, 2.05) is 36.4 Å². The Hall–Kier alpha value is -4.32. The minimum atomic E-state index is -0.713. The first-order valence-corrected chi connectivity index (χ1v) is 13.8. The van der Waals surface area contributed by atoms with Crippen LogP contribution in [0.3, 0.4) is 0 Å².